The molecule has 0 aliphatic carbocycles. The monoisotopic (exact) mass is 550 g/mol. The molecule has 0 spiro atoms. The number of amides is 1. The molecule has 1 aliphatic heterocycles. The van der Waals surface area contributed by atoms with E-state index >= 15 is 0 Å². The van der Waals surface area contributed by atoms with Crippen molar-refractivity contribution in [1.82, 2.24) is 0 Å². The number of alkyl halides is 1. The number of ether oxygens (including phenoxy) is 3. The fraction of sp³-hybridized carbons (Fsp3) is 0.308. The largest absolute Gasteiger partial charge is 0.493 e. The van der Waals surface area contributed by atoms with E-state index in [9.17, 15) is 9.59 Å². The van der Waals surface area contributed by atoms with Crippen LogP contribution in [0.25, 0.3) is 10.4 Å². The molecule has 1 amide bonds. The van der Waals surface area contributed by atoms with Gasteiger partial charge in [0.1, 0.15) is 12.2 Å². The van der Waals surface area contributed by atoms with Crippen LogP contribution in [0.2, 0.25) is 5.02 Å². The van der Waals surface area contributed by atoms with E-state index in [1.54, 1.807) is 30.9 Å². The molecule has 1 aromatic heterocycles. The highest BCUT2D eigenvalue weighted by atomic mass is 35.5. The van der Waals surface area contributed by atoms with E-state index in [1.165, 1.54) is 24.8 Å². The second kappa shape index (κ2) is 12.0. The Morgan fingerprint density at radius 3 is 2.42 bits per heavy atom. The molecule has 2 heterocycles. The fourth-order valence-electron chi connectivity index (χ4n) is 3.63. The summed E-state index contributed by atoms with van der Waals surface area (Å²) in [5, 5.41) is 0.677. The van der Waals surface area contributed by atoms with Gasteiger partial charge in [-0.3, -0.25) is 9.59 Å². The average Bonchev–Trinajstić information content (AvgIpc) is 3.43. The summed E-state index contributed by atoms with van der Waals surface area (Å²) in [6.45, 7) is 3.87. The molecule has 10 heteroatoms. The minimum Gasteiger partial charge on any atom is -0.493 e. The van der Waals surface area contributed by atoms with Crippen molar-refractivity contribution in [3.8, 4) is 21.9 Å². The van der Waals surface area contributed by atoms with Gasteiger partial charge < -0.3 is 24.8 Å². The molecule has 0 bridgehead atoms. The molecular weight excluding hydrogens is 523 g/mol. The molecule has 2 N–H and O–H groups in total. The SMILES string of the molecule is CCl.COc1cc(N2Cc3cc(-c4ccc(Cl)cc4)sc3C2=O)ccc1OCC(C)(C)OC(=O)CN. The summed E-state index contributed by atoms with van der Waals surface area (Å²) in [7, 11) is 1.53. The molecule has 36 heavy (non-hydrogen) atoms. The van der Waals surface area contributed by atoms with Gasteiger partial charge in [-0.1, -0.05) is 23.7 Å². The van der Waals surface area contributed by atoms with Crippen molar-refractivity contribution in [3.63, 3.8) is 0 Å². The van der Waals surface area contributed by atoms with E-state index in [-0.39, 0.29) is 19.1 Å². The molecule has 0 radical (unpaired) electrons. The van der Waals surface area contributed by atoms with Crippen molar-refractivity contribution < 1.29 is 23.8 Å². The lowest BCUT2D eigenvalue weighted by atomic mass is 10.1. The fourth-order valence-corrected chi connectivity index (χ4v) is 4.88. The number of esters is 1. The van der Waals surface area contributed by atoms with Crippen LogP contribution < -0.4 is 20.1 Å². The maximum Gasteiger partial charge on any atom is 0.320 e. The third-order valence-corrected chi connectivity index (χ3v) is 6.76. The van der Waals surface area contributed by atoms with Crippen LogP contribution in [0.4, 0.5) is 5.69 Å². The van der Waals surface area contributed by atoms with Crippen LogP contribution in [-0.2, 0) is 16.1 Å². The number of rotatable bonds is 8. The summed E-state index contributed by atoms with van der Waals surface area (Å²) < 4.78 is 16.6. The Bertz CT molecular complexity index is 1230. The number of fused-ring (bicyclic) bond motifs is 1. The molecule has 0 saturated carbocycles. The molecule has 192 valence electrons. The van der Waals surface area contributed by atoms with Gasteiger partial charge in [0.05, 0.1) is 25.1 Å². The number of carbonyl (C=O) groups is 2. The minimum absolute atomic E-state index is 0.0502. The summed E-state index contributed by atoms with van der Waals surface area (Å²) in [4.78, 5) is 28.1. The molecule has 3 aromatic rings. The average molecular weight is 551 g/mol. The number of nitrogens with two attached hydrogens (primary N) is 1. The normalized spacial score (nSPS) is 12.5. The summed E-state index contributed by atoms with van der Waals surface area (Å²) in [6, 6.07) is 15.0. The molecular formula is C26H28Cl2N2O5S. The van der Waals surface area contributed by atoms with Crippen molar-refractivity contribution in [2.45, 2.75) is 26.0 Å². The quantitative estimate of drug-likeness (QED) is 0.283. The van der Waals surface area contributed by atoms with E-state index in [4.69, 9.17) is 31.5 Å². The van der Waals surface area contributed by atoms with Gasteiger partial charge in [-0.15, -0.1) is 22.9 Å². The highest BCUT2D eigenvalue weighted by molar-refractivity contribution is 7.17. The summed E-state index contributed by atoms with van der Waals surface area (Å²) in [6.07, 6.45) is 1.47. The number of nitrogens with zero attached hydrogens (tertiary/aromatic N) is 1. The van der Waals surface area contributed by atoms with Crippen LogP contribution in [0.5, 0.6) is 11.5 Å². The van der Waals surface area contributed by atoms with Crippen molar-refractivity contribution in [2.75, 3.05) is 31.5 Å². The highest BCUT2D eigenvalue weighted by Gasteiger charge is 2.32. The zero-order valence-corrected chi connectivity index (χ0v) is 22.8. The van der Waals surface area contributed by atoms with Gasteiger partial charge in [-0.25, -0.2) is 0 Å². The number of hydrogen-bond acceptors (Lipinski definition) is 7. The number of methoxy groups -OCH3 is 1. The first-order valence-corrected chi connectivity index (χ1v) is 13.0. The van der Waals surface area contributed by atoms with Gasteiger partial charge in [0.2, 0.25) is 0 Å². The number of thiophene rings is 1. The van der Waals surface area contributed by atoms with E-state index in [1.807, 2.05) is 30.3 Å². The second-order valence-electron chi connectivity index (χ2n) is 8.42. The number of anilines is 1. The zero-order valence-electron chi connectivity index (χ0n) is 20.5. The Hall–Kier alpha value is -2.78. The van der Waals surface area contributed by atoms with Gasteiger partial charge in [-0.2, -0.15) is 0 Å². The summed E-state index contributed by atoms with van der Waals surface area (Å²) in [5.41, 5.74) is 7.19. The number of hydrogen-bond donors (Lipinski definition) is 1. The second-order valence-corrected chi connectivity index (χ2v) is 9.91. The number of carbonyl (C=O) groups excluding carboxylic acids is 2. The lowest BCUT2D eigenvalue weighted by Gasteiger charge is -2.25. The Morgan fingerprint density at radius 2 is 1.81 bits per heavy atom. The Balaban J connectivity index is 0.00000176. The van der Waals surface area contributed by atoms with Crippen molar-refractivity contribution in [3.05, 3.63) is 64.0 Å². The van der Waals surface area contributed by atoms with E-state index in [0.29, 0.717) is 28.8 Å². The predicted molar refractivity (Wildman–Crippen MR) is 145 cm³/mol. The smallest absolute Gasteiger partial charge is 0.320 e. The van der Waals surface area contributed by atoms with E-state index < -0.39 is 11.6 Å². The lowest BCUT2D eigenvalue weighted by Crippen LogP contribution is -2.37. The van der Waals surface area contributed by atoms with Gasteiger partial charge in [0.25, 0.3) is 5.91 Å². The number of halogens is 2. The van der Waals surface area contributed by atoms with Crippen LogP contribution in [0.1, 0.15) is 29.1 Å². The van der Waals surface area contributed by atoms with Gasteiger partial charge >= 0.3 is 5.97 Å². The summed E-state index contributed by atoms with van der Waals surface area (Å²) >= 11 is 12.1. The molecule has 0 saturated heterocycles. The summed E-state index contributed by atoms with van der Waals surface area (Å²) in [5.74, 6) is 0.402. The van der Waals surface area contributed by atoms with Crippen LogP contribution in [0.3, 0.4) is 0 Å². The molecule has 0 unspecified atom stereocenters. The Labute approximate surface area is 224 Å². The molecule has 4 rings (SSSR count). The van der Waals surface area contributed by atoms with Gasteiger partial charge in [0, 0.05) is 28.0 Å². The molecule has 0 fully saturated rings. The van der Waals surface area contributed by atoms with Crippen LogP contribution in [-0.4, -0.2) is 44.1 Å². The Kier molecular flexibility index (Phi) is 9.24. The maximum atomic E-state index is 13.2. The van der Waals surface area contributed by atoms with E-state index in [0.717, 1.165) is 20.9 Å². The van der Waals surface area contributed by atoms with Gasteiger partial charge in [0.15, 0.2) is 11.5 Å². The first-order chi connectivity index (χ1) is 17.2. The third-order valence-electron chi connectivity index (χ3n) is 5.30. The van der Waals surface area contributed by atoms with Crippen molar-refractivity contribution in [1.29, 1.82) is 0 Å². The van der Waals surface area contributed by atoms with E-state index in [2.05, 4.69) is 17.7 Å². The van der Waals surface area contributed by atoms with Gasteiger partial charge in [-0.05, 0) is 55.3 Å². The van der Waals surface area contributed by atoms with Crippen molar-refractivity contribution in [2.24, 2.45) is 5.73 Å². The molecule has 0 atom stereocenters. The molecule has 7 nitrogen and oxygen atoms in total. The molecule has 2 aromatic carbocycles. The van der Waals surface area contributed by atoms with Crippen LogP contribution in [0.15, 0.2) is 48.5 Å². The molecule has 1 aliphatic rings. The minimum atomic E-state index is -0.860. The first-order valence-electron chi connectivity index (χ1n) is 11.0. The standard InChI is InChI=1S/C25H25ClN2O5S.CH3Cl/c1-25(2,33-22(29)12-27)14-32-19-9-8-18(11-20(19)31-3)28-13-16-10-21(34-23(16)24(28)30)15-4-6-17(26)7-5-15;1-2/h4-11H,12-14,27H2,1-3H3;1H3. The topological polar surface area (TPSA) is 91.1 Å². The first kappa shape index (κ1) is 27.8. The third kappa shape index (κ3) is 6.31. The predicted octanol–water partition coefficient (Wildman–Crippen LogP) is 5.75. The highest BCUT2D eigenvalue weighted by Crippen LogP contribution is 2.40. The lowest BCUT2D eigenvalue weighted by molar-refractivity contribution is -0.157. The maximum absolute atomic E-state index is 13.2. The zero-order chi connectivity index (χ0) is 26.5. The Morgan fingerprint density at radius 1 is 1.11 bits per heavy atom. The number of benzene rings is 2. The van der Waals surface area contributed by atoms with Crippen molar-refractivity contribution >= 4 is 52.1 Å². The van der Waals surface area contributed by atoms with Crippen LogP contribution >= 0.6 is 34.5 Å². The van der Waals surface area contributed by atoms with Crippen LogP contribution in [0, 0.1) is 0 Å².